The van der Waals surface area contributed by atoms with E-state index < -0.39 is 0 Å². The number of methoxy groups -OCH3 is 1. The summed E-state index contributed by atoms with van der Waals surface area (Å²) in [6.07, 6.45) is 0.901. The summed E-state index contributed by atoms with van der Waals surface area (Å²) in [5.74, 6) is 2.09. The number of hydrogen-bond acceptors (Lipinski definition) is 4. The molecule has 0 amide bonds. The van der Waals surface area contributed by atoms with Crippen LogP contribution in [0.3, 0.4) is 0 Å². The molecule has 4 nitrogen and oxygen atoms in total. The molecule has 26 heavy (non-hydrogen) atoms. The third-order valence-corrected chi connectivity index (χ3v) is 4.79. The quantitative estimate of drug-likeness (QED) is 0.556. The first-order chi connectivity index (χ1) is 12.6. The van der Waals surface area contributed by atoms with Crippen molar-refractivity contribution in [2.24, 2.45) is 0 Å². The first-order valence-electron chi connectivity index (χ1n) is 8.23. The summed E-state index contributed by atoms with van der Waals surface area (Å²) in [6.45, 7) is 2.65. The number of benzene rings is 2. The number of anilines is 1. The zero-order valence-electron chi connectivity index (χ0n) is 14.6. The van der Waals surface area contributed by atoms with Gasteiger partial charge in [-0.1, -0.05) is 51.8 Å². The Kier molecular flexibility index (Phi) is 6.12. The highest BCUT2D eigenvalue weighted by molar-refractivity contribution is 9.10. The van der Waals surface area contributed by atoms with Gasteiger partial charge in [0.1, 0.15) is 17.4 Å². The molecule has 0 aliphatic carbocycles. The van der Waals surface area contributed by atoms with Gasteiger partial charge in [-0.2, -0.15) is 0 Å². The molecule has 0 bridgehead atoms. The van der Waals surface area contributed by atoms with Crippen molar-refractivity contribution in [1.29, 1.82) is 0 Å². The zero-order valence-corrected chi connectivity index (χ0v) is 16.9. The van der Waals surface area contributed by atoms with Gasteiger partial charge < -0.3 is 10.1 Å². The van der Waals surface area contributed by atoms with E-state index >= 15 is 0 Å². The van der Waals surface area contributed by atoms with E-state index in [0.29, 0.717) is 16.6 Å². The second-order valence-corrected chi connectivity index (χ2v) is 7.11. The molecule has 0 unspecified atom stereocenters. The van der Waals surface area contributed by atoms with Crippen molar-refractivity contribution in [3.63, 3.8) is 0 Å². The predicted octanol–water partition coefficient (Wildman–Crippen LogP) is 5.53. The second kappa shape index (κ2) is 8.52. The summed E-state index contributed by atoms with van der Waals surface area (Å²) in [5.41, 5.74) is 2.85. The number of nitrogens with one attached hydrogen (secondary N) is 1. The molecule has 1 heterocycles. The minimum absolute atomic E-state index is 0.549. The van der Waals surface area contributed by atoms with Gasteiger partial charge in [0, 0.05) is 22.6 Å². The lowest BCUT2D eigenvalue weighted by Gasteiger charge is -2.11. The lowest BCUT2D eigenvalue weighted by atomic mass is 10.1. The van der Waals surface area contributed by atoms with Crippen LogP contribution in [0.2, 0.25) is 5.02 Å². The fourth-order valence-corrected chi connectivity index (χ4v) is 3.44. The minimum atomic E-state index is 0.549. The maximum atomic E-state index is 6.44. The van der Waals surface area contributed by atoms with Crippen LogP contribution in [0.15, 0.2) is 53.0 Å². The van der Waals surface area contributed by atoms with Gasteiger partial charge in [-0.3, -0.25) is 0 Å². The van der Waals surface area contributed by atoms with E-state index in [1.165, 1.54) is 5.56 Å². The molecular formula is C20H19BrClN3O. The molecule has 134 valence electrons. The van der Waals surface area contributed by atoms with Crippen LogP contribution in [-0.4, -0.2) is 23.6 Å². The normalized spacial score (nSPS) is 10.6. The first-order valence-corrected chi connectivity index (χ1v) is 9.41. The van der Waals surface area contributed by atoms with Gasteiger partial charge in [0.2, 0.25) is 0 Å². The second-order valence-electron chi connectivity index (χ2n) is 5.81. The van der Waals surface area contributed by atoms with Crippen molar-refractivity contribution in [3.05, 3.63) is 69.4 Å². The third-order valence-electron chi connectivity index (χ3n) is 3.91. The van der Waals surface area contributed by atoms with E-state index in [2.05, 4.69) is 43.3 Å². The smallest absolute Gasteiger partial charge is 0.138 e. The minimum Gasteiger partial charge on any atom is -0.495 e. The van der Waals surface area contributed by atoms with E-state index in [1.54, 1.807) is 7.11 Å². The van der Waals surface area contributed by atoms with Crippen LogP contribution >= 0.6 is 27.5 Å². The largest absolute Gasteiger partial charge is 0.495 e. The first kappa shape index (κ1) is 18.7. The maximum Gasteiger partial charge on any atom is 0.138 e. The van der Waals surface area contributed by atoms with Crippen LogP contribution in [-0.2, 0) is 6.42 Å². The zero-order chi connectivity index (χ0) is 18.5. The van der Waals surface area contributed by atoms with Gasteiger partial charge in [-0.05, 0) is 37.1 Å². The molecule has 6 heteroatoms. The molecule has 3 aromatic rings. The van der Waals surface area contributed by atoms with Crippen LogP contribution in [0.1, 0.15) is 11.4 Å². The Morgan fingerprint density at radius 2 is 1.92 bits per heavy atom. The van der Waals surface area contributed by atoms with Crippen molar-refractivity contribution < 1.29 is 4.74 Å². The molecular weight excluding hydrogens is 414 g/mol. The molecule has 0 aliphatic rings. The monoisotopic (exact) mass is 431 g/mol. The SMILES string of the molecule is COc1cccc(-c2cc(NCCc3cccc(Br)c3)nc(C)n2)c1Cl. The molecule has 0 atom stereocenters. The van der Waals surface area contributed by atoms with E-state index in [9.17, 15) is 0 Å². The number of aryl methyl sites for hydroxylation is 1. The molecule has 0 saturated heterocycles. The lowest BCUT2D eigenvalue weighted by Crippen LogP contribution is -2.08. The van der Waals surface area contributed by atoms with Crippen LogP contribution in [0.5, 0.6) is 5.75 Å². The van der Waals surface area contributed by atoms with Crippen LogP contribution in [0, 0.1) is 6.92 Å². The maximum absolute atomic E-state index is 6.44. The fourth-order valence-electron chi connectivity index (χ4n) is 2.69. The average Bonchev–Trinajstić information content (AvgIpc) is 2.61. The van der Waals surface area contributed by atoms with Crippen molar-refractivity contribution in [1.82, 2.24) is 9.97 Å². The van der Waals surface area contributed by atoms with E-state index in [4.69, 9.17) is 16.3 Å². The van der Waals surface area contributed by atoms with Crippen LogP contribution in [0.4, 0.5) is 5.82 Å². The number of ether oxygens (including phenoxy) is 1. The molecule has 3 rings (SSSR count). The molecule has 1 aromatic heterocycles. The van der Waals surface area contributed by atoms with Gasteiger partial charge in [0.25, 0.3) is 0 Å². The molecule has 0 spiro atoms. The molecule has 0 aliphatic heterocycles. The Morgan fingerprint density at radius 1 is 1.12 bits per heavy atom. The van der Waals surface area contributed by atoms with Gasteiger partial charge >= 0.3 is 0 Å². The summed E-state index contributed by atoms with van der Waals surface area (Å²) >= 11 is 9.94. The van der Waals surface area contributed by atoms with E-state index in [-0.39, 0.29) is 0 Å². The molecule has 0 saturated carbocycles. The summed E-state index contributed by atoms with van der Waals surface area (Å²) in [6, 6.07) is 15.9. The highest BCUT2D eigenvalue weighted by Gasteiger charge is 2.11. The number of halogens is 2. The summed E-state index contributed by atoms with van der Waals surface area (Å²) < 4.78 is 6.38. The summed E-state index contributed by atoms with van der Waals surface area (Å²) in [5, 5.41) is 3.92. The van der Waals surface area contributed by atoms with Crippen molar-refractivity contribution in [3.8, 4) is 17.0 Å². The highest BCUT2D eigenvalue weighted by atomic mass is 79.9. The Morgan fingerprint density at radius 3 is 2.69 bits per heavy atom. The number of rotatable bonds is 6. The molecule has 1 N–H and O–H groups in total. The van der Waals surface area contributed by atoms with Gasteiger partial charge in [0.15, 0.2) is 0 Å². The number of aromatic nitrogens is 2. The summed E-state index contributed by atoms with van der Waals surface area (Å²) in [7, 11) is 1.60. The van der Waals surface area contributed by atoms with Crippen molar-refractivity contribution in [2.75, 3.05) is 19.0 Å². The Balaban J connectivity index is 1.78. The Labute approximate surface area is 166 Å². The van der Waals surface area contributed by atoms with Gasteiger partial charge in [-0.15, -0.1) is 0 Å². The van der Waals surface area contributed by atoms with Gasteiger partial charge in [0.05, 0.1) is 17.8 Å². The van der Waals surface area contributed by atoms with Crippen molar-refractivity contribution in [2.45, 2.75) is 13.3 Å². The summed E-state index contributed by atoms with van der Waals surface area (Å²) in [4.78, 5) is 9.00. The third kappa shape index (κ3) is 4.54. The number of hydrogen-bond donors (Lipinski definition) is 1. The van der Waals surface area contributed by atoms with Crippen LogP contribution < -0.4 is 10.1 Å². The lowest BCUT2D eigenvalue weighted by molar-refractivity contribution is 0.415. The van der Waals surface area contributed by atoms with E-state index in [0.717, 1.165) is 34.5 Å². The van der Waals surface area contributed by atoms with Crippen LogP contribution in [0.25, 0.3) is 11.3 Å². The molecule has 0 fully saturated rings. The fraction of sp³-hybridized carbons (Fsp3) is 0.200. The van der Waals surface area contributed by atoms with Crippen molar-refractivity contribution >= 4 is 33.3 Å². The average molecular weight is 433 g/mol. The molecule has 2 aromatic carbocycles. The standard InChI is InChI=1S/C20H19BrClN3O/c1-13-24-17(16-7-4-8-18(26-2)20(16)22)12-19(25-13)23-10-9-14-5-3-6-15(21)11-14/h3-8,11-12H,9-10H2,1-2H3,(H,23,24,25). The molecule has 0 radical (unpaired) electrons. The number of nitrogens with zero attached hydrogens (tertiary/aromatic N) is 2. The topological polar surface area (TPSA) is 47.0 Å². The van der Waals surface area contributed by atoms with Gasteiger partial charge in [-0.25, -0.2) is 9.97 Å². The van der Waals surface area contributed by atoms with E-state index in [1.807, 2.05) is 43.3 Å². The Bertz CT molecular complexity index is 917. The highest BCUT2D eigenvalue weighted by Crippen LogP contribution is 2.34. The predicted molar refractivity (Wildman–Crippen MR) is 110 cm³/mol. The Hall–Kier alpha value is -2.11.